The van der Waals surface area contributed by atoms with Gasteiger partial charge in [-0.1, -0.05) is 165 Å². The smallest absolute Gasteiger partial charge is 0.137 e. The second kappa shape index (κ2) is 14.9. The minimum Gasteiger partial charge on any atom is -0.456 e. The van der Waals surface area contributed by atoms with E-state index in [1.165, 1.54) is 82.2 Å². The first-order valence-electron chi connectivity index (χ1n) is 20.0. The van der Waals surface area contributed by atoms with Crippen LogP contribution in [0.25, 0.3) is 66.4 Å². The molecule has 8 aromatic carbocycles. The number of furan rings is 1. The summed E-state index contributed by atoms with van der Waals surface area (Å²) in [6.45, 7) is 0. The van der Waals surface area contributed by atoms with Crippen LogP contribution < -0.4 is 4.90 Å². The van der Waals surface area contributed by atoms with E-state index in [9.17, 15) is 0 Å². The highest BCUT2D eigenvalue weighted by molar-refractivity contribution is 6.06. The molecule has 270 valence electrons. The Morgan fingerprint density at radius 3 is 1.68 bits per heavy atom. The van der Waals surface area contributed by atoms with Crippen LogP contribution in [0.1, 0.15) is 43.6 Å². The van der Waals surface area contributed by atoms with Crippen molar-refractivity contribution in [1.29, 1.82) is 0 Å². The van der Waals surface area contributed by atoms with Gasteiger partial charge < -0.3 is 9.32 Å². The highest BCUT2D eigenvalue weighted by Gasteiger charge is 2.20. The molecule has 0 radical (unpaired) electrons. The molecule has 1 aromatic heterocycles. The molecule has 0 saturated heterocycles. The second-order valence-corrected chi connectivity index (χ2v) is 15.1. The number of hydrogen-bond acceptors (Lipinski definition) is 2. The van der Waals surface area contributed by atoms with Gasteiger partial charge in [-0.15, -0.1) is 0 Å². The van der Waals surface area contributed by atoms with Crippen LogP contribution in [0, 0.1) is 0 Å². The molecule has 0 atom stereocenters. The molecule has 0 bridgehead atoms. The van der Waals surface area contributed by atoms with E-state index in [1.807, 2.05) is 12.1 Å². The highest BCUT2D eigenvalue weighted by atomic mass is 16.3. The fourth-order valence-corrected chi connectivity index (χ4v) is 8.89. The van der Waals surface area contributed by atoms with Crippen molar-refractivity contribution in [3.05, 3.63) is 200 Å². The summed E-state index contributed by atoms with van der Waals surface area (Å²) in [6.07, 6.45) is 6.61. The molecular formula is C54H43NO. The molecule has 1 saturated carbocycles. The number of anilines is 3. The fourth-order valence-electron chi connectivity index (χ4n) is 8.89. The lowest BCUT2D eigenvalue weighted by atomic mass is 9.83. The molecule has 1 heterocycles. The monoisotopic (exact) mass is 721 g/mol. The molecule has 56 heavy (non-hydrogen) atoms. The van der Waals surface area contributed by atoms with E-state index >= 15 is 0 Å². The van der Waals surface area contributed by atoms with Crippen molar-refractivity contribution in [2.24, 2.45) is 0 Å². The average molecular weight is 722 g/mol. The minimum absolute atomic E-state index is 0.659. The van der Waals surface area contributed by atoms with E-state index in [-0.39, 0.29) is 0 Å². The Balaban J connectivity index is 1.10. The molecule has 0 amide bonds. The first kappa shape index (κ1) is 33.9. The summed E-state index contributed by atoms with van der Waals surface area (Å²) in [6, 6.07) is 70.4. The van der Waals surface area contributed by atoms with Crippen molar-refractivity contribution >= 4 is 39.0 Å². The highest BCUT2D eigenvalue weighted by Crippen LogP contribution is 2.44. The van der Waals surface area contributed by atoms with Crippen LogP contribution in [-0.4, -0.2) is 0 Å². The van der Waals surface area contributed by atoms with Crippen LogP contribution in [-0.2, 0) is 0 Å². The lowest BCUT2D eigenvalue weighted by Gasteiger charge is -2.27. The summed E-state index contributed by atoms with van der Waals surface area (Å²) in [7, 11) is 0. The Morgan fingerprint density at radius 2 is 0.946 bits per heavy atom. The fraction of sp³-hybridized carbons (Fsp3) is 0.111. The van der Waals surface area contributed by atoms with Crippen molar-refractivity contribution < 1.29 is 4.42 Å². The molecular weight excluding hydrogens is 679 g/mol. The van der Waals surface area contributed by atoms with Gasteiger partial charge in [-0.3, -0.25) is 0 Å². The van der Waals surface area contributed by atoms with E-state index in [0.29, 0.717) is 5.92 Å². The maximum absolute atomic E-state index is 6.44. The van der Waals surface area contributed by atoms with Gasteiger partial charge in [0.05, 0.1) is 0 Å². The molecule has 2 heteroatoms. The maximum atomic E-state index is 6.44. The third-order valence-electron chi connectivity index (χ3n) is 11.7. The lowest BCUT2D eigenvalue weighted by Crippen LogP contribution is -2.10. The summed E-state index contributed by atoms with van der Waals surface area (Å²) in [5.74, 6) is 0.659. The van der Waals surface area contributed by atoms with Crippen molar-refractivity contribution in [3.63, 3.8) is 0 Å². The molecule has 2 nitrogen and oxygen atoms in total. The van der Waals surface area contributed by atoms with Crippen LogP contribution in [0.3, 0.4) is 0 Å². The predicted molar refractivity (Wildman–Crippen MR) is 236 cm³/mol. The Morgan fingerprint density at radius 1 is 0.375 bits per heavy atom. The van der Waals surface area contributed by atoms with Gasteiger partial charge in [0.2, 0.25) is 0 Å². The average Bonchev–Trinajstić information content (AvgIpc) is 3.66. The van der Waals surface area contributed by atoms with E-state index in [0.717, 1.165) is 39.0 Å². The second-order valence-electron chi connectivity index (χ2n) is 15.1. The van der Waals surface area contributed by atoms with Gasteiger partial charge in [-0.05, 0) is 111 Å². The largest absolute Gasteiger partial charge is 0.456 e. The number of para-hydroxylation sites is 1. The first-order chi connectivity index (χ1) is 27.8. The number of fused-ring (bicyclic) bond motifs is 3. The van der Waals surface area contributed by atoms with Gasteiger partial charge in [-0.2, -0.15) is 0 Å². The summed E-state index contributed by atoms with van der Waals surface area (Å²) in [5, 5.41) is 2.26. The molecule has 0 aliphatic heterocycles. The zero-order valence-electron chi connectivity index (χ0n) is 31.4. The Kier molecular flexibility index (Phi) is 9.01. The summed E-state index contributed by atoms with van der Waals surface area (Å²) in [5.41, 5.74) is 16.2. The van der Waals surface area contributed by atoms with Crippen LogP contribution in [0.5, 0.6) is 0 Å². The van der Waals surface area contributed by atoms with Crippen molar-refractivity contribution in [3.8, 4) is 44.5 Å². The third-order valence-corrected chi connectivity index (χ3v) is 11.7. The summed E-state index contributed by atoms with van der Waals surface area (Å²) >= 11 is 0. The number of nitrogens with zero attached hydrogens (tertiary/aromatic N) is 1. The molecule has 0 unspecified atom stereocenters. The number of benzene rings is 8. The zero-order valence-corrected chi connectivity index (χ0v) is 31.4. The Hall–Kier alpha value is -6.64. The third kappa shape index (κ3) is 6.48. The van der Waals surface area contributed by atoms with Crippen molar-refractivity contribution in [2.45, 2.75) is 38.0 Å². The molecule has 0 N–H and O–H groups in total. The van der Waals surface area contributed by atoms with Gasteiger partial charge in [0.25, 0.3) is 0 Å². The minimum atomic E-state index is 0.659. The van der Waals surface area contributed by atoms with E-state index in [4.69, 9.17) is 4.42 Å². The molecule has 9 aromatic rings. The van der Waals surface area contributed by atoms with Gasteiger partial charge in [0.15, 0.2) is 0 Å². The topological polar surface area (TPSA) is 16.4 Å². The van der Waals surface area contributed by atoms with Crippen molar-refractivity contribution in [1.82, 2.24) is 0 Å². The Bertz CT molecular complexity index is 2720. The summed E-state index contributed by atoms with van der Waals surface area (Å²) < 4.78 is 6.44. The van der Waals surface area contributed by atoms with Crippen LogP contribution in [0.15, 0.2) is 199 Å². The van der Waals surface area contributed by atoms with E-state index < -0.39 is 0 Å². The number of hydrogen-bond donors (Lipinski definition) is 0. The van der Waals surface area contributed by atoms with Crippen molar-refractivity contribution in [2.75, 3.05) is 4.90 Å². The predicted octanol–water partition coefficient (Wildman–Crippen LogP) is 15.8. The normalized spacial score (nSPS) is 13.3. The molecule has 1 aliphatic rings. The zero-order chi connectivity index (χ0) is 37.3. The first-order valence-corrected chi connectivity index (χ1v) is 20.0. The van der Waals surface area contributed by atoms with Gasteiger partial charge in [0, 0.05) is 33.9 Å². The lowest BCUT2D eigenvalue weighted by molar-refractivity contribution is 0.444. The number of rotatable bonds is 8. The van der Waals surface area contributed by atoms with E-state index in [2.05, 4.69) is 187 Å². The van der Waals surface area contributed by atoms with E-state index in [1.54, 1.807) is 0 Å². The molecule has 0 spiro atoms. The molecule has 1 aliphatic carbocycles. The van der Waals surface area contributed by atoms with Crippen LogP contribution in [0.2, 0.25) is 0 Å². The SMILES string of the molecule is c1ccc(-c2cccc(-c3ccccc3)c2-c2ccc(N(c3cccc(-c4cccc(C5CCCCC5)c4)c3)c3ccc4c(c3)oc3ccccc34)cc2)cc1. The van der Waals surface area contributed by atoms with Gasteiger partial charge in [-0.25, -0.2) is 0 Å². The van der Waals surface area contributed by atoms with Crippen LogP contribution in [0.4, 0.5) is 17.1 Å². The Labute approximate surface area is 329 Å². The van der Waals surface area contributed by atoms with Crippen LogP contribution >= 0.6 is 0 Å². The molecule has 1 fully saturated rings. The molecule has 10 rings (SSSR count). The van der Waals surface area contributed by atoms with Gasteiger partial charge in [0.1, 0.15) is 11.2 Å². The van der Waals surface area contributed by atoms with Gasteiger partial charge >= 0.3 is 0 Å². The summed E-state index contributed by atoms with van der Waals surface area (Å²) in [4.78, 5) is 2.37. The quantitative estimate of drug-likeness (QED) is 0.155. The standard InChI is InChI=1S/C54H43NO/c1-4-15-38(16-5-1)42-21-12-22-43(35-42)44-23-13-24-46(36-44)55(47-33-34-51-50-25-10-11-28-52(50)56-53(51)37-47)45-31-29-41(30-32-45)54-48(39-17-6-2-7-18-39)26-14-27-49(54)40-19-8-3-9-20-40/h2-3,6-14,17-38H,1,4-5,15-16H2. The maximum Gasteiger partial charge on any atom is 0.137 e.